The third-order valence-corrected chi connectivity index (χ3v) is 2.99. The molecule has 0 aliphatic rings. The van der Waals surface area contributed by atoms with Crippen LogP contribution < -0.4 is 5.32 Å². The van der Waals surface area contributed by atoms with Crippen molar-refractivity contribution < 1.29 is 9.90 Å². The summed E-state index contributed by atoms with van der Waals surface area (Å²) < 4.78 is 0. The number of benzene rings is 1. The van der Waals surface area contributed by atoms with Gasteiger partial charge in [-0.15, -0.1) is 0 Å². The molecule has 0 saturated carbocycles. The van der Waals surface area contributed by atoms with E-state index >= 15 is 0 Å². The lowest BCUT2D eigenvalue weighted by molar-refractivity contribution is -0.114. The number of phenols is 1. The van der Waals surface area contributed by atoms with Gasteiger partial charge in [-0.3, -0.25) is 9.69 Å². The third-order valence-electron chi connectivity index (χ3n) is 2.99. The molecule has 1 aromatic carbocycles. The monoisotopic (exact) mass is 250 g/mol. The van der Waals surface area contributed by atoms with Gasteiger partial charge in [0.05, 0.1) is 0 Å². The van der Waals surface area contributed by atoms with Gasteiger partial charge in [0, 0.05) is 24.7 Å². The molecule has 18 heavy (non-hydrogen) atoms. The molecule has 1 amide bonds. The summed E-state index contributed by atoms with van der Waals surface area (Å²) in [5.74, 6) is 0.213. The van der Waals surface area contributed by atoms with Crippen molar-refractivity contribution in [1.82, 2.24) is 4.90 Å². The van der Waals surface area contributed by atoms with Gasteiger partial charge in [0.2, 0.25) is 5.91 Å². The maximum Gasteiger partial charge on any atom is 0.221 e. The van der Waals surface area contributed by atoms with Gasteiger partial charge in [-0.05, 0) is 37.7 Å². The average Bonchev–Trinajstić information content (AvgIpc) is 2.31. The molecule has 0 saturated heterocycles. The molecule has 0 aromatic heterocycles. The maximum absolute atomic E-state index is 11.1. The minimum absolute atomic E-state index is 0.103. The van der Waals surface area contributed by atoms with Gasteiger partial charge < -0.3 is 10.4 Å². The number of aromatic hydroxyl groups is 1. The van der Waals surface area contributed by atoms with Crippen LogP contribution in [-0.2, 0) is 11.3 Å². The molecule has 0 aliphatic heterocycles. The number of phenolic OH excluding ortho intramolecular Hbond substituents is 1. The second-order valence-electron chi connectivity index (χ2n) is 4.44. The Balaban J connectivity index is 3.01. The lowest BCUT2D eigenvalue weighted by Gasteiger charge is -2.20. The number of nitrogens with one attached hydrogen (secondary N) is 1. The SMILES string of the molecule is CCN(CC)Cc1cc(NC(C)=O)cc(C)c1O. The van der Waals surface area contributed by atoms with Gasteiger partial charge in [-0.2, -0.15) is 0 Å². The molecular weight excluding hydrogens is 228 g/mol. The van der Waals surface area contributed by atoms with Crippen LogP contribution in [0.1, 0.15) is 31.9 Å². The van der Waals surface area contributed by atoms with Crippen LogP contribution in [0.25, 0.3) is 0 Å². The highest BCUT2D eigenvalue weighted by atomic mass is 16.3. The predicted octanol–water partition coefficient (Wildman–Crippen LogP) is 2.50. The molecular formula is C14H22N2O2. The highest BCUT2D eigenvalue weighted by Crippen LogP contribution is 2.27. The zero-order chi connectivity index (χ0) is 13.7. The molecule has 1 aromatic rings. The van der Waals surface area contributed by atoms with Gasteiger partial charge >= 0.3 is 0 Å². The molecule has 0 atom stereocenters. The van der Waals surface area contributed by atoms with E-state index in [2.05, 4.69) is 24.1 Å². The van der Waals surface area contributed by atoms with Crippen molar-refractivity contribution in [2.75, 3.05) is 18.4 Å². The first kappa shape index (κ1) is 14.5. The molecule has 0 heterocycles. The lowest BCUT2D eigenvalue weighted by atomic mass is 10.1. The van der Waals surface area contributed by atoms with Crippen molar-refractivity contribution in [3.63, 3.8) is 0 Å². The first-order valence-electron chi connectivity index (χ1n) is 6.30. The predicted molar refractivity (Wildman–Crippen MR) is 73.8 cm³/mol. The van der Waals surface area contributed by atoms with Crippen LogP contribution in [0.4, 0.5) is 5.69 Å². The van der Waals surface area contributed by atoms with Crippen LogP contribution >= 0.6 is 0 Å². The summed E-state index contributed by atoms with van der Waals surface area (Å²) >= 11 is 0. The Morgan fingerprint density at radius 3 is 2.44 bits per heavy atom. The summed E-state index contributed by atoms with van der Waals surface area (Å²) in [6.07, 6.45) is 0. The Kier molecular flexibility index (Phi) is 5.16. The fourth-order valence-corrected chi connectivity index (χ4v) is 1.94. The fourth-order valence-electron chi connectivity index (χ4n) is 1.94. The van der Waals surface area contributed by atoms with Crippen LogP contribution in [0.3, 0.4) is 0 Å². The third kappa shape index (κ3) is 3.74. The standard InChI is InChI=1S/C14H22N2O2/c1-5-16(6-2)9-12-8-13(15-11(4)17)7-10(3)14(12)18/h7-8,18H,5-6,9H2,1-4H3,(H,15,17). The Morgan fingerprint density at radius 2 is 1.94 bits per heavy atom. The topological polar surface area (TPSA) is 52.6 Å². The molecule has 0 fully saturated rings. The van der Waals surface area contributed by atoms with Gasteiger partial charge in [-0.1, -0.05) is 13.8 Å². The van der Waals surface area contributed by atoms with Crippen LogP contribution in [0.2, 0.25) is 0 Å². The van der Waals surface area contributed by atoms with Crippen molar-refractivity contribution in [3.8, 4) is 5.75 Å². The van der Waals surface area contributed by atoms with Crippen molar-refractivity contribution in [3.05, 3.63) is 23.3 Å². The summed E-state index contributed by atoms with van der Waals surface area (Å²) in [6.45, 7) is 10.0. The Hall–Kier alpha value is -1.55. The van der Waals surface area contributed by atoms with Gasteiger partial charge in [0.25, 0.3) is 0 Å². The molecule has 1 rings (SSSR count). The minimum atomic E-state index is -0.103. The number of rotatable bonds is 5. The summed E-state index contributed by atoms with van der Waals surface area (Å²) in [6, 6.07) is 3.62. The van der Waals surface area contributed by atoms with Gasteiger partial charge in [0.1, 0.15) is 5.75 Å². The molecule has 0 aliphatic carbocycles. The molecule has 4 heteroatoms. The minimum Gasteiger partial charge on any atom is -0.507 e. The quantitative estimate of drug-likeness (QED) is 0.789. The van der Waals surface area contributed by atoms with Crippen molar-refractivity contribution in [1.29, 1.82) is 0 Å². The Bertz CT molecular complexity index is 426. The first-order chi connectivity index (χ1) is 8.47. The zero-order valence-corrected chi connectivity index (χ0v) is 11.6. The summed E-state index contributed by atoms with van der Waals surface area (Å²) in [7, 11) is 0. The summed E-state index contributed by atoms with van der Waals surface area (Å²) in [5, 5.41) is 12.8. The number of amides is 1. The average molecular weight is 250 g/mol. The van der Waals surface area contributed by atoms with E-state index in [0.717, 1.165) is 29.9 Å². The van der Waals surface area contributed by atoms with Crippen molar-refractivity contribution in [2.24, 2.45) is 0 Å². The van der Waals surface area contributed by atoms with Crippen LogP contribution in [0.15, 0.2) is 12.1 Å². The largest absolute Gasteiger partial charge is 0.507 e. The van der Waals surface area contributed by atoms with Crippen molar-refractivity contribution in [2.45, 2.75) is 34.2 Å². The molecule has 2 N–H and O–H groups in total. The zero-order valence-electron chi connectivity index (χ0n) is 11.6. The van der Waals surface area contributed by atoms with Gasteiger partial charge in [0.15, 0.2) is 0 Å². The molecule has 0 bridgehead atoms. The molecule has 0 radical (unpaired) electrons. The number of hydrogen-bond donors (Lipinski definition) is 2. The van der Waals surface area contributed by atoms with E-state index in [1.54, 1.807) is 6.07 Å². The first-order valence-corrected chi connectivity index (χ1v) is 6.30. The lowest BCUT2D eigenvalue weighted by Crippen LogP contribution is -2.22. The normalized spacial score (nSPS) is 10.7. The second kappa shape index (κ2) is 6.40. The maximum atomic E-state index is 11.1. The summed E-state index contributed by atoms with van der Waals surface area (Å²) in [4.78, 5) is 13.3. The number of carbonyl (C=O) groups is 1. The Morgan fingerprint density at radius 1 is 1.33 bits per heavy atom. The van der Waals surface area contributed by atoms with E-state index in [9.17, 15) is 9.90 Å². The van der Waals surface area contributed by atoms with Crippen molar-refractivity contribution >= 4 is 11.6 Å². The smallest absolute Gasteiger partial charge is 0.221 e. The molecule has 0 spiro atoms. The highest BCUT2D eigenvalue weighted by molar-refractivity contribution is 5.89. The number of aryl methyl sites for hydroxylation is 1. The van der Waals surface area contributed by atoms with E-state index in [0.29, 0.717) is 12.3 Å². The second-order valence-corrected chi connectivity index (χ2v) is 4.44. The fraction of sp³-hybridized carbons (Fsp3) is 0.500. The van der Waals surface area contributed by atoms with E-state index in [4.69, 9.17) is 0 Å². The van der Waals surface area contributed by atoms with Crippen LogP contribution in [0.5, 0.6) is 5.75 Å². The van der Waals surface area contributed by atoms with E-state index in [-0.39, 0.29) is 5.91 Å². The molecule has 4 nitrogen and oxygen atoms in total. The van der Waals surface area contributed by atoms with Crippen LogP contribution in [0, 0.1) is 6.92 Å². The number of carbonyl (C=O) groups excluding carboxylic acids is 1. The number of nitrogens with zero attached hydrogens (tertiary/aromatic N) is 1. The number of anilines is 1. The van der Waals surface area contributed by atoms with E-state index < -0.39 is 0 Å². The van der Waals surface area contributed by atoms with Crippen LogP contribution in [-0.4, -0.2) is 29.0 Å². The highest BCUT2D eigenvalue weighted by Gasteiger charge is 2.10. The van der Waals surface area contributed by atoms with E-state index in [1.807, 2.05) is 13.0 Å². The number of hydrogen-bond acceptors (Lipinski definition) is 3. The van der Waals surface area contributed by atoms with Gasteiger partial charge in [-0.25, -0.2) is 0 Å². The summed E-state index contributed by atoms with van der Waals surface area (Å²) in [5.41, 5.74) is 2.37. The van der Waals surface area contributed by atoms with E-state index in [1.165, 1.54) is 6.92 Å². The Labute approximate surface area is 109 Å². The molecule has 100 valence electrons. The molecule has 0 unspecified atom stereocenters.